The SMILES string of the molecule is COc1ccc([C@H]2CC[C@@H](c3ccccc3)C2)cc1. The van der Waals surface area contributed by atoms with Gasteiger partial charge in [-0.3, -0.25) is 0 Å². The molecule has 1 nitrogen and oxygen atoms in total. The Hall–Kier alpha value is -1.76. The van der Waals surface area contributed by atoms with Gasteiger partial charge in [0.25, 0.3) is 0 Å². The molecule has 2 aromatic carbocycles. The summed E-state index contributed by atoms with van der Waals surface area (Å²) >= 11 is 0. The second kappa shape index (κ2) is 5.48. The third-order valence-corrected chi connectivity index (χ3v) is 4.29. The maximum atomic E-state index is 5.22. The fraction of sp³-hybridized carbons (Fsp3) is 0.333. The number of methoxy groups -OCH3 is 1. The zero-order valence-corrected chi connectivity index (χ0v) is 11.4. The van der Waals surface area contributed by atoms with Crippen LogP contribution in [0.15, 0.2) is 54.6 Å². The van der Waals surface area contributed by atoms with Crippen LogP contribution in [0.5, 0.6) is 5.75 Å². The molecule has 19 heavy (non-hydrogen) atoms. The molecule has 0 saturated heterocycles. The Morgan fingerprint density at radius 2 is 1.37 bits per heavy atom. The first-order valence-corrected chi connectivity index (χ1v) is 7.05. The van der Waals surface area contributed by atoms with Gasteiger partial charge in [0.05, 0.1) is 7.11 Å². The van der Waals surface area contributed by atoms with Crippen molar-refractivity contribution in [3.05, 3.63) is 65.7 Å². The molecule has 1 fully saturated rings. The van der Waals surface area contributed by atoms with Crippen LogP contribution in [0.4, 0.5) is 0 Å². The molecule has 0 bridgehead atoms. The number of hydrogen-bond acceptors (Lipinski definition) is 1. The van der Waals surface area contributed by atoms with Crippen LogP contribution in [0.3, 0.4) is 0 Å². The predicted molar refractivity (Wildman–Crippen MR) is 78.8 cm³/mol. The smallest absolute Gasteiger partial charge is 0.118 e. The van der Waals surface area contributed by atoms with Gasteiger partial charge in [0.15, 0.2) is 0 Å². The first-order chi connectivity index (χ1) is 9.36. The van der Waals surface area contributed by atoms with Crippen molar-refractivity contribution in [2.75, 3.05) is 7.11 Å². The molecule has 0 aromatic heterocycles. The van der Waals surface area contributed by atoms with Crippen molar-refractivity contribution < 1.29 is 4.74 Å². The topological polar surface area (TPSA) is 9.23 Å². The van der Waals surface area contributed by atoms with Crippen LogP contribution in [0.25, 0.3) is 0 Å². The lowest BCUT2D eigenvalue weighted by Crippen LogP contribution is -1.95. The Morgan fingerprint density at radius 3 is 1.95 bits per heavy atom. The van der Waals surface area contributed by atoms with Crippen LogP contribution in [0, 0.1) is 0 Å². The summed E-state index contributed by atoms with van der Waals surface area (Å²) in [5, 5.41) is 0. The molecule has 1 saturated carbocycles. The van der Waals surface area contributed by atoms with E-state index in [1.54, 1.807) is 7.11 Å². The molecule has 1 aliphatic rings. The van der Waals surface area contributed by atoms with Gasteiger partial charge < -0.3 is 4.74 Å². The van der Waals surface area contributed by atoms with E-state index in [9.17, 15) is 0 Å². The van der Waals surface area contributed by atoms with E-state index >= 15 is 0 Å². The fourth-order valence-electron chi connectivity index (χ4n) is 3.19. The van der Waals surface area contributed by atoms with E-state index in [0.29, 0.717) is 5.92 Å². The van der Waals surface area contributed by atoms with Gasteiger partial charge in [-0.25, -0.2) is 0 Å². The Labute approximate surface area is 115 Å². The number of rotatable bonds is 3. The Bertz CT molecular complexity index is 515. The molecular formula is C18H20O. The van der Waals surface area contributed by atoms with Crippen LogP contribution < -0.4 is 4.74 Å². The van der Waals surface area contributed by atoms with Crippen LogP contribution in [-0.2, 0) is 0 Å². The minimum Gasteiger partial charge on any atom is -0.497 e. The van der Waals surface area contributed by atoms with Crippen molar-refractivity contribution in [2.24, 2.45) is 0 Å². The van der Waals surface area contributed by atoms with Crippen LogP contribution >= 0.6 is 0 Å². The minimum atomic E-state index is 0.705. The molecule has 0 heterocycles. The zero-order valence-electron chi connectivity index (χ0n) is 11.4. The van der Waals surface area contributed by atoms with Gasteiger partial charge in [-0.1, -0.05) is 42.5 Å². The van der Waals surface area contributed by atoms with Crippen molar-refractivity contribution in [1.29, 1.82) is 0 Å². The van der Waals surface area contributed by atoms with Crippen LogP contribution in [0.1, 0.15) is 42.2 Å². The molecule has 2 aromatic rings. The number of ether oxygens (including phenoxy) is 1. The van der Waals surface area contributed by atoms with Gasteiger partial charge in [-0.2, -0.15) is 0 Å². The normalized spacial score (nSPS) is 22.4. The lowest BCUT2D eigenvalue weighted by atomic mass is 9.93. The van der Waals surface area contributed by atoms with Crippen molar-refractivity contribution in [3.63, 3.8) is 0 Å². The highest BCUT2D eigenvalue weighted by Crippen LogP contribution is 2.43. The maximum absolute atomic E-state index is 5.22. The van der Waals surface area contributed by atoms with Crippen molar-refractivity contribution >= 4 is 0 Å². The summed E-state index contributed by atoms with van der Waals surface area (Å²) in [6.45, 7) is 0. The van der Waals surface area contributed by atoms with Gasteiger partial charge in [-0.15, -0.1) is 0 Å². The van der Waals surface area contributed by atoms with E-state index in [-0.39, 0.29) is 0 Å². The molecular weight excluding hydrogens is 232 g/mol. The van der Waals surface area contributed by atoms with E-state index in [1.165, 1.54) is 30.4 Å². The summed E-state index contributed by atoms with van der Waals surface area (Å²) in [7, 11) is 1.72. The highest BCUT2D eigenvalue weighted by atomic mass is 16.5. The Morgan fingerprint density at radius 1 is 0.789 bits per heavy atom. The molecule has 3 rings (SSSR count). The first-order valence-electron chi connectivity index (χ1n) is 7.05. The van der Waals surface area contributed by atoms with Gasteiger partial charge >= 0.3 is 0 Å². The molecule has 0 amide bonds. The zero-order chi connectivity index (χ0) is 13.1. The lowest BCUT2D eigenvalue weighted by molar-refractivity contribution is 0.414. The number of hydrogen-bond donors (Lipinski definition) is 0. The molecule has 0 radical (unpaired) electrons. The van der Waals surface area contributed by atoms with Gasteiger partial charge in [0.2, 0.25) is 0 Å². The van der Waals surface area contributed by atoms with E-state index in [0.717, 1.165) is 11.7 Å². The molecule has 0 N–H and O–H groups in total. The second-order valence-corrected chi connectivity index (χ2v) is 5.39. The van der Waals surface area contributed by atoms with E-state index in [2.05, 4.69) is 54.6 Å². The monoisotopic (exact) mass is 252 g/mol. The fourth-order valence-corrected chi connectivity index (χ4v) is 3.19. The summed E-state index contributed by atoms with van der Waals surface area (Å²) in [5.41, 5.74) is 2.96. The van der Waals surface area contributed by atoms with Gasteiger partial charge in [-0.05, 0) is 54.4 Å². The Kier molecular flexibility index (Phi) is 3.54. The minimum absolute atomic E-state index is 0.705. The quantitative estimate of drug-likeness (QED) is 0.766. The lowest BCUT2D eigenvalue weighted by Gasteiger charge is -2.12. The summed E-state index contributed by atoms with van der Waals surface area (Å²) in [6, 6.07) is 19.5. The molecule has 2 atom stereocenters. The van der Waals surface area contributed by atoms with Crippen molar-refractivity contribution in [3.8, 4) is 5.75 Å². The highest BCUT2D eigenvalue weighted by molar-refractivity contribution is 5.31. The van der Waals surface area contributed by atoms with E-state index < -0.39 is 0 Å². The van der Waals surface area contributed by atoms with E-state index in [4.69, 9.17) is 4.74 Å². The molecule has 98 valence electrons. The average molecular weight is 252 g/mol. The average Bonchev–Trinajstić information content (AvgIpc) is 2.98. The third-order valence-electron chi connectivity index (χ3n) is 4.29. The summed E-state index contributed by atoms with van der Waals surface area (Å²) in [4.78, 5) is 0. The van der Waals surface area contributed by atoms with Gasteiger partial charge in [0, 0.05) is 0 Å². The molecule has 1 heteroatoms. The molecule has 0 spiro atoms. The first kappa shape index (κ1) is 12.3. The predicted octanol–water partition coefficient (Wildman–Crippen LogP) is 4.75. The summed E-state index contributed by atoms with van der Waals surface area (Å²) in [5.74, 6) is 2.38. The summed E-state index contributed by atoms with van der Waals surface area (Å²) < 4.78 is 5.22. The van der Waals surface area contributed by atoms with Crippen LogP contribution in [-0.4, -0.2) is 7.11 Å². The summed E-state index contributed by atoms with van der Waals surface area (Å²) in [6.07, 6.45) is 3.88. The standard InChI is InChI=1S/C18H20O/c1-19-18-11-9-15(10-12-18)17-8-7-16(13-17)14-5-3-2-4-6-14/h2-6,9-12,16-17H,7-8,13H2,1H3/t16-,17+/m1/s1. The Balaban J connectivity index is 1.71. The maximum Gasteiger partial charge on any atom is 0.118 e. The number of benzene rings is 2. The van der Waals surface area contributed by atoms with Crippen molar-refractivity contribution in [2.45, 2.75) is 31.1 Å². The van der Waals surface area contributed by atoms with Gasteiger partial charge in [0.1, 0.15) is 5.75 Å². The molecule has 1 aliphatic carbocycles. The van der Waals surface area contributed by atoms with E-state index in [1.807, 2.05) is 0 Å². The largest absolute Gasteiger partial charge is 0.497 e. The second-order valence-electron chi connectivity index (χ2n) is 5.39. The third kappa shape index (κ3) is 2.65. The molecule has 0 aliphatic heterocycles. The molecule has 0 unspecified atom stereocenters. The van der Waals surface area contributed by atoms with Crippen LogP contribution in [0.2, 0.25) is 0 Å². The van der Waals surface area contributed by atoms with Crippen molar-refractivity contribution in [1.82, 2.24) is 0 Å². The highest BCUT2D eigenvalue weighted by Gasteiger charge is 2.26.